The summed E-state index contributed by atoms with van der Waals surface area (Å²) in [6, 6.07) is 0.146. The molecule has 5 atom stereocenters. The number of ketones is 2. The van der Waals surface area contributed by atoms with Crippen molar-refractivity contribution in [3.8, 4) is 5.75 Å². The number of Topliss-reactive ketones (excluding diaryl/α,β-unsaturated/α-hetero) is 2. The summed E-state index contributed by atoms with van der Waals surface area (Å²) in [6.07, 6.45) is 0.241. The molecule has 1 unspecified atom stereocenters. The molecule has 0 radical (unpaired) electrons. The fourth-order valence-corrected chi connectivity index (χ4v) is 6.28. The number of hydroxylamine groups is 1. The normalized spacial score (nSPS) is 27.7. The Bertz CT molecular complexity index is 1300. The lowest BCUT2D eigenvalue weighted by molar-refractivity contribution is -0.153. The van der Waals surface area contributed by atoms with Crippen LogP contribution in [0.5, 0.6) is 5.75 Å². The molecule has 1 amide bonds. The highest BCUT2D eigenvalue weighted by atomic mass is 16.6. The molecule has 7 N–H and O–H groups in total. The van der Waals surface area contributed by atoms with E-state index < -0.39 is 64.1 Å². The Morgan fingerprint density at radius 1 is 1.21 bits per heavy atom. The van der Waals surface area contributed by atoms with Crippen molar-refractivity contribution in [1.29, 1.82) is 0 Å². The van der Waals surface area contributed by atoms with E-state index in [1.165, 1.54) is 12.0 Å². The topological polar surface area (TPSA) is 186 Å². The Morgan fingerprint density at radius 2 is 1.84 bits per heavy atom. The van der Waals surface area contributed by atoms with Gasteiger partial charge in [-0.2, -0.15) is 5.48 Å². The number of amides is 1. The predicted octanol–water partition coefficient (Wildman–Crippen LogP) is 0.242. The highest BCUT2D eigenvalue weighted by Gasteiger charge is 2.64. The summed E-state index contributed by atoms with van der Waals surface area (Å²) in [5.41, 5.74) is 6.10. The van der Waals surface area contributed by atoms with Crippen molar-refractivity contribution in [3.63, 3.8) is 0 Å². The third-order valence-corrected chi connectivity index (χ3v) is 7.97. The number of hydrogen-bond acceptors (Lipinski definition) is 11. The summed E-state index contributed by atoms with van der Waals surface area (Å²) in [6.45, 7) is 1.74. The molecular weight excluding hydrogens is 496 g/mol. The zero-order valence-electron chi connectivity index (χ0n) is 22.2. The monoisotopic (exact) mass is 530 g/mol. The summed E-state index contributed by atoms with van der Waals surface area (Å²) in [5.74, 6) is -6.78. The third kappa shape index (κ3) is 3.70. The number of fused-ring (bicyclic) bond motifs is 3. The fraction of sp³-hybridized carbons (Fsp3) is 0.500. The van der Waals surface area contributed by atoms with Crippen molar-refractivity contribution < 1.29 is 39.6 Å². The minimum absolute atomic E-state index is 0.0305. The molecule has 1 aromatic carbocycles. The lowest BCUT2D eigenvalue weighted by atomic mass is 9.57. The third-order valence-electron chi connectivity index (χ3n) is 7.97. The van der Waals surface area contributed by atoms with Crippen molar-refractivity contribution in [2.75, 3.05) is 40.2 Å². The molecule has 0 spiro atoms. The van der Waals surface area contributed by atoms with E-state index in [4.69, 9.17) is 10.6 Å². The van der Waals surface area contributed by atoms with Crippen molar-refractivity contribution in [1.82, 2.24) is 10.4 Å². The molecule has 12 nitrogen and oxygen atoms in total. The molecule has 0 heterocycles. The first-order valence-corrected chi connectivity index (χ1v) is 12.2. The summed E-state index contributed by atoms with van der Waals surface area (Å²) in [5, 5.41) is 45.4. The van der Waals surface area contributed by atoms with Crippen LogP contribution < -0.4 is 16.1 Å². The zero-order valence-corrected chi connectivity index (χ0v) is 22.2. The van der Waals surface area contributed by atoms with E-state index in [2.05, 4.69) is 5.48 Å². The van der Waals surface area contributed by atoms with E-state index >= 15 is 0 Å². The van der Waals surface area contributed by atoms with Crippen molar-refractivity contribution in [2.45, 2.75) is 37.5 Å². The Balaban J connectivity index is 2.00. The molecule has 3 aliphatic carbocycles. The molecule has 0 bridgehead atoms. The van der Waals surface area contributed by atoms with Gasteiger partial charge >= 0.3 is 0 Å². The molecular formula is C26H34N4O8. The maximum Gasteiger partial charge on any atom is 0.255 e. The van der Waals surface area contributed by atoms with Crippen LogP contribution in [-0.2, 0) is 25.6 Å². The molecule has 38 heavy (non-hydrogen) atoms. The minimum Gasteiger partial charge on any atom is -0.508 e. The number of nitrogens with zero attached hydrogens (tertiary/aromatic N) is 2. The summed E-state index contributed by atoms with van der Waals surface area (Å²) in [4.78, 5) is 47.6. The number of phenolic OH excluding ortho intramolecular Hbond substituents is 1. The molecule has 1 fully saturated rings. The standard InChI is InChI=1S/C26H34N4O8/c1-10(28-38-6)12-9-15(29(2)3)13-7-11-8-14-19(30(4)5)22(33)18(25(27)36)24(35)26(14,37)23(34)16(11)21(32)17(13)20(12)31/h9-11,14,19,28,31-32,35,37H,7-8H2,1-6H3,(H2,27,36)/t10?,11-,14-,19-,26-/m0/s1. The summed E-state index contributed by atoms with van der Waals surface area (Å²) in [7, 11) is 8.17. The lowest BCUT2D eigenvalue weighted by Crippen LogP contribution is -2.65. The number of phenols is 1. The van der Waals surface area contributed by atoms with E-state index in [0.717, 1.165) is 0 Å². The Hall–Kier alpha value is -3.45. The van der Waals surface area contributed by atoms with E-state index in [-0.39, 0.29) is 29.7 Å². The smallest absolute Gasteiger partial charge is 0.255 e. The van der Waals surface area contributed by atoms with Crippen molar-refractivity contribution in [3.05, 3.63) is 39.7 Å². The highest BCUT2D eigenvalue weighted by Crippen LogP contribution is 2.54. The number of nitrogens with one attached hydrogen (secondary N) is 1. The number of aliphatic hydroxyl groups is 3. The summed E-state index contributed by atoms with van der Waals surface area (Å²) < 4.78 is 0. The number of hydrogen-bond donors (Lipinski definition) is 6. The van der Waals surface area contributed by atoms with Crippen LogP contribution in [0, 0.1) is 11.8 Å². The Morgan fingerprint density at radius 3 is 2.37 bits per heavy atom. The van der Waals surface area contributed by atoms with Gasteiger partial charge in [0, 0.05) is 36.8 Å². The molecule has 206 valence electrons. The second-order valence-corrected chi connectivity index (χ2v) is 10.6. The number of aromatic hydroxyl groups is 1. The van der Waals surface area contributed by atoms with Gasteiger partial charge in [0.15, 0.2) is 11.4 Å². The Kier molecular flexibility index (Phi) is 6.81. The van der Waals surface area contributed by atoms with Gasteiger partial charge in [-0.05, 0) is 51.4 Å². The van der Waals surface area contributed by atoms with Gasteiger partial charge in [-0.3, -0.25) is 19.3 Å². The number of nitrogens with two attached hydrogens (primary N) is 1. The maximum absolute atomic E-state index is 14.0. The van der Waals surface area contributed by atoms with Gasteiger partial charge in [0.05, 0.1) is 24.8 Å². The van der Waals surface area contributed by atoms with Crippen molar-refractivity contribution >= 4 is 28.9 Å². The predicted molar refractivity (Wildman–Crippen MR) is 137 cm³/mol. The van der Waals surface area contributed by atoms with E-state index in [0.29, 0.717) is 16.8 Å². The molecule has 3 aliphatic rings. The summed E-state index contributed by atoms with van der Waals surface area (Å²) >= 11 is 0. The second-order valence-electron chi connectivity index (χ2n) is 10.6. The number of rotatable bonds is 6. The van der Waals surface area contributed by atoms with Crippen LogP contribution >= 0.6 is 0 Å². The van der Waals surface area contributed by atoms with Gasteiger partial charge in [0.1, 0.15) is 22.8 Å². The largest absolute Gasteiger partial charge is 0.508 e. The van der Waals surface area contributed by atoms with Crippen molar-refractivity contribution in [2.24, 2.45) is 17.6 Å². The maximum atomic E-state index is 14.0. The SMILES string of the molecule is CONC(C)c1cc(N(C)C)c2c(c1O)C(O)=C1C(=O)[C@]3(O)C(O)=C(C(N)=O)C(=O)[C@@H](N(C)C)[C@@H]3C[C@@H]1C2. The number of carbonyl (C=O) groups is 3. The number of aliphatic hydroxyl groups excluding tert-OH is 2. The van der Waals surface area contributed by atoms with Gasteiger partial charge in [0.25, 0.3) is 5.91 Å². The van der Waals surface area contributed by atoms with Gasteiger partial charge in [-0.25, -0.2) is 0 Å². The van der Waals surface area contributed by atoms with E-state index in [9.17, 15) is 34.8 Å². The molecule has 0 aromatic heterocycles. The number of benzene rings is 1. The molecule has 1 saturated carbocycles. The van der Waals surface area contributed by atoms with Gasteiger partial charge in [-0.15, -0.1) is 0 Å². The first kappa shape index (κ1) is 27.6. The number of primary amides is 1. The molecule has 4 rings (SSSR count). The van der Waals surface area contributed by atoms with Gasteiger partial charge < -0.3 is 35.9 Å². The van der Waals surface area contributed by atoms with Crippen LogP contribution in [0.25, 0.3) is 5.76 Å². The first-order valence-electron chi connectivity index (χ1n) is 12.2. The average Bonchev–Trinajstić information content (AvgIpc) is 2.81. The van der Waals surface area contributed by atoms with Crippen LogP contribution in [0.4, 0.5) is 5.69 Å². The number of anilines is 1. The van der Waals surface area contributed by atoms with Crippen LogP contribution in [0.2, 0.25) is 0 Å². The second kappa shape index (κ2) is 9.38. The van der Waals surface area contributed by atoms with E-state index in [1.807, 2.05) is 19.0 Å². The van der Waals surface area contributed by atoms with Crippen LogP contribution in [0.3, 0.4) is 0 Å². The highest BCUT2D eigenvalue weighted by molar-refractivity contribution is 6.24. The van der Waals surface area contributed by atoms with Gasteiger partial charge in [-0.1, -0.05) is 0 Å². The number of carbonyl (C=O) groups excluding carboxylic acids is 3. The minimum atomic E-state index is -2.67. The first-order chi connectivity index (χ1) is 17.7. The molecule has 0 aliphatic heterocycles. The van der Waals surface area contributed by atoms with Gasteiger partial charge in [0.2, 0.25) is 5.78 Å². The fourth-order valence-electron chi connectivity index (χ4n) is 6.28. The average molecular weight is 531 g/mol. The van der Waals surface area contributed by atoms with Crippen LogP contribution in [0.15, 0.2) is 23.0 Å². The number of likely N-dealkylation sites (N-methyl/N-ethyl adjacent to an activating group) is 1. The zero-order chi connectivity index (χ0) is 28.4. The molecule has 1 aromatic rings. The molecule has 0 saturated heterocycles. The molecule has 12 heteroatoms. The van der Waals surface area contributed by atoms with Crippen LogP contribution in [0.1, 0.15) is 36.1 Å². The quantitative estimate of drug-likeness (QED) is 0.219. The Labute approximate surface area is 219 Å². The van der Waals surface area contributed by atoms with E-state index in [1.54, 1.807) is 27.1 Å². The van der Waals surface area contributed by atoms with Crippen LogP contribution in [-0.4, -0.2) is 89.7 Å². The lowest BCUT2D eigenvalue weighted by Gasteiger charge is -2.50.